The van der Waals surface area contributed by atoms with Gasteiger partial charge in [0.15, 0.2) is 15.5 Å². The van der Waals surface area contributed by atoms with Crippen molar-refractivity contribution in [2.24, 2.45) is 0 Å². The quantitative estimate of drug-likeness (QED) is 0.595. The van der Waals surface area contributed by atoms with Crippen LogP contribution in [0, 0.1) is 13.8 Å². The number of nitrogens with one attached hydrogen (secondary N) is 2. The maximum atomic E-state index is 13.0. The summed E-state index contributed by atoms with van der Waals surface area (Å²) in [6.07, 6.45) is 0.466. The first-order valence-corrected chi connectivity index (χ1v) is 12.5. The Balaban J connectivity index is 1.65. The SMILES string of the molecule is CC(=O)Nc1ccc(NC(=O)c2cc(-c3ccc(C)c(C)c3)n([C@@H]3CCS(=O)(=O)C3)n2)cc1. The summed E-state index contributed by atoms with van der Waals surface area (Å²) in [6.45, 7) is 5.46. The summed E-state index contributed by atoms with van der Waals surface area (Å²) in [7, 11) is -3.12. The Morgan fingerprint density at radius 3 is 2.21 bits per heavy atom. The van der Waals surface area contributed by atoms with E-state index in [0.717, 1.165) is 16.7 Å². The minimum absolute atomic E-state index is 0.0121. The monoisotopic (exact) mass is 466 g/mol. The van der Waals surface area contributed by atoms with Crippen LogP contribution in [0.15, 0.2) is 48.5 Å². The number of amides is 2. The molecule has 1 aliphatic rings. The number of anilines is 2. The maximum Gasteiger partial charge on any atom is 0.276 e. The normalized spacial score (nSPS) is 17.0. The minimum Gasteiger partial charge on any atom is -0.326 e. The molecule has 1 atom stereocenters. The number of rotatable bonds is 5. The van der Waals surface area contributed by atoms with E-state index in [1.165, 1.54) is 6.92 Å². The van der Waals surface area contributed by atoms with E-state index in [-0.39, 0.29) is 29.1 Å². The van der Waals surface area contributed by atoms with Crippen LogP contribution in [0.4, 0.5) is 11.4 Å². The van der Waals surface area contributed by atoms with Crippen LogP contribution in [-0.4, -0.2) is 41.5 Å². The van der Waals surface area contributed by atoms with Crippen molar-refractivity contribution in [1.29, 1.82) is 0 Å². The summed E-state index contributed by atoms with van der Waals surface area (Å²) in [4.78, 5) is 24.1. The Labute approximate surface area is 192 Å². The fourth-order valence-electron chi connectivity index (χ4n) is 3.90. The van der Waals surface area contributed by atoms with Gasteiger partial charge in [0.25, 0.3) is 5.91 Å². The predicted molar refractivity (Wildman–Crippen MR) is 128 cm³/mol. The van der Waals surface area contributed by atoms with Gasteiger partial charge in [0.2, 0.25) is 5.91 Å². The fourth-order valence-corrected chi connectivity index (χ4v) is 5.60. The molecule has 3 aromatic rings. The van der Waals surface area contributed by atoms with Crippen molar-refractivity contribution in [2.45, 2.75) is 33.2 Å². The van der Waals surface area contributed by atoms with Gasteiger partial charge < -0.3 is 10.6 Å². The smallest absolute Gasteiger partial charge is 0.276 e. The molecule has 172 valence electrons. The van der Waals surface area contributed by atoms with E-state index in [9.17, 15) is 18.0 Å². The second-order valence-corrected chi connectivity index (χ2v) is 10.7. The minimum atomic E-state index is -3.12. The zero-order valence-electron chi connectivity index (χ0n) is 18.8. The van der Waals surface area contributed by atoms with Crippen molar-refractivity contribution < 1.29 is 18.0 Å². The molecule has 1 aromatic heterocycles. The number of nitrogens with zero attached hydrogens (tertiary/aromatic N) is 2. The zero-order chi connectivity index (χ0) is 23.8. The van der Waals surface area contributed by atoms with E-state index in [4.69, 9.17) is 0 Å². The molecule has 1 aliphatic heterocycles. The van der Waals surface area contributed by atoms with Crippen molar-refractivity contribution in [2.75, 3.05) is 22.1 Å². The van der Waals surface area contributed by atoms with E-state index < -0.39 is 15.7 Å². The van der Waals surface area contributed by atoms with Crippen LogP contribution in [0.25, 0.3) is 11.3 Å². The molecule has 0 aliphatic carbocycles. The predicted octanol–water partition coefficient (Wildman–Crippen LogP) is 3.74. The summed E-state index contributed by atoms with van der Waals surface area (Å²) >= 11 is 0. The standard InChI is InChI=1S/C24H26N4O4S/c1-15-4-5-18(12-16(15)2)23-13-22(27-28(23)21-10-11-33(31,32)14-21)24(30)26-20-8-6-19(7-9-20)25-17(3)29/h4-9,12-13,21H,10-11,14H2,1-3H3,(H,25,29)(H,26,30)/t21-/m1/s1. The lowest BCUT2D eigenvalue weighted by Gasteiger charge is -2.14. The maximum absolute atomic E-state index is 13.0. The number of hydrogen-bond acceptors (Lipinski definition) is 5. The molecule has 4 rings (SSSR count). The number of aryl methyl sites for hydroxylation is 2. The van der Waals surface area contributed by atoms with Crippen molar-refractivity contribution >= 4 is 33.0 Å². The summed E-state index contributed by atoms with van der Waals surface area (Å²) in [5.74, 6) is -0.443. The Morgan fingerprint density at radius 1 is 0.970 bits per heavy atom. The molecule has 0 bridgehead atoms. The summed E-state index contributed by atoms with van der Waals surface area (Å²) in [5.41, 5.74) is 5.24. The van der Waals surface area contributed by atoms with Gasteiger partial charge in [-0.2, -0.15) is 5.10 Å². The molecule has 0 saturated carbocycles. The van der Waals surface area contributed by atoms with E-state index in [2.05, 4.69) is 15.7 Å². The molecule has 2 aromatic carbocycles. The van der Waals surface area contributed by atoms with E-state index in [1.807, 2.05) is 32.0 Å². The van der Waals surface area contributed by atoms with Gasteiger partial charge in [-0.25, -0.2) is 8.42 Å². The van der Waals surface area contributed by atoms with Crippen LogP contribution in [0.1, 0.15) is 41.0 Å². The van der Waals surface area contributed by atoms with E-state index in [1.54, 1.807) is 35.0 Å². The molecular formula is C24H26N4O4S. The molecule has 33 heavy (non-hydrogen) atoms. The first-order valence-electron chi connectivity index (χ1n) is 10.7. The fraction of sp³-hybridized carbons (Fsp3) is 0.292. The first kappa shape index (κ1) is 22.7. The van der Waals surface area contributed by atoms with Crippen LogP contribution in [0.3, 0.4) is 0 Å². The van der Waals surface area contributed by atoms with Crippen molar-refractivity contribution in [1.82, 2.24) is 9.78 Å². The highest BCUT2D eigenvalue weighted by atomic mass is 32.2. The van der Waals surface area contributed by atoms with Gasteiger partial charge in [-0.15, -0.1) is 0 Å². The number of carbonyl (C=O) groups excluding carboxylic acids is 2. The van der Waals surface area contributed by atoms with Gasteiger partial charge in [0.1, 0.15) is 0 Å². The summed E-state index contributed by atoms with van der Waals surface area (Å²) in [5, 5.41) is 10.0. The summed E-state index contributed by atoms with van der Waals surface area (Å²) in [6, 6.07) is 14.1. The third-order valence-electron chi connectivity index (χ3n) is 5.79. The molecule has 2 N–H and O–H groups in total. The number of hydrogen-bond donors (Lipinski definition) is 2. The van der Waals surface area contributed by atoms with Crippen LogP contribution in [0.5, 0.6) is 0 Å². The lowest BCUT2D eigenvalue weighted by atomic mass is 10.0. The van der Waals surface area contributed by atoms with Gasteiger partial charge in [0, 0.05) is 23.9 Å². The molecule has 1 saturated heterocycles. The second-order valence-electron chi connectivity index (χ2n) is 8.43. The van der Waals surface area contributed by atoms with Crippen molar-refractivity contribution in [3.63, 3.8) is 0 Å². The molecule has 9 heteroatoms. The largest absolute Gasteiger partial charge is 0.326 e. The molecule has 0 unspecified atom stereocenters. The first-order chi connectivity index (χ1) is 15.6. The Morgan fingerprint density at radius 2 is 1.64 bits per heavy atom. The average molecular weight is 467 g/mol. The number of aromatic nitrogens is 2. The van der Waals surface area contributed by atoms with Crippen molar-refractivity contribution in [3.05, 3.63) is 65.4 Å². The van der Waals surface area contributed by atoms with Gasteiger partial charge >= 0.3 is 0 Å². The highest BCUT2D eigenvalue weighted by Gasteiger charge is 2.32. The number of benzene rings is 2. The third kappa shape index (κ3) is 5.14. The molecule has 2 amide bonds. The Bertz CT molecular complexity index is 1330. The molecule has 0 radical (unpaired) electrons. The van der Waals surface area contributed by atoms with Gasteiger partial charge in [-0.1, -0.05) is 12.1 Å². The van der Waals surface area contributed by atoms with E-state index in [0.29, 0.717) is 23.5 Å². The highest BCUT2D eigenvalue weighted by molar-refractivity contribution is 7.91. The molecule has 2 heterocycles. The lowest BCUT2D eigenvalue weighted by Crippen LogP contribution is -2.16. The van der Waals surface area contributed by atoms with Crippen LogP contribution >= 0.6 is 0 Å². The molecule has 0 spiro atoms. The highest BCUT2D eigenvalue weighted by Crippen LogP contribution is 2.31. The topological polar surface area (TPSA) is 110 Å². The molecule has 8 nitrogen and oxygen atoms in total. The van der Waals surface area contributed by atoms with E-state index >= 15 is 0 Å². The Hall–Kier alpha value is -3.46. The second kappa shape index (κ2) is 8.82. The lowest BCUT2D eigenvalue weighted by molar-refractivity contribution is -0.114. The molecular weight excluding hydrogens is 440 g/mol. The molecule has 1 fully saturated rings. The number of sulfone groups is 1. The van der Waals surface area contributed by atoms with Gasteiger partial charge in [-0.05, 0) is 67.8 Å². The Kier molecular flexibility index (Phi) is 6.07. The average Bonchev–Trinajstić information content (AvgIpc) is 3.34. The summed E-state index contributed by atoms with van der Waals surface area (Å²) < 4.78 is 25.9. The van der Waals surface area contributed by atoms with Crippen molar-refractivity contribution in [3.8, 4) is 11.3 Å². The number of carbonyl (C=O) groups is 2. The van der Waals surface area contributed by atoms with Crippen LogP contribution < -0.4 is 10.6 Å². The van der Waals surface area contributed by atoms with Gasteiger partial charge in [0.05, 0.1) is 23.2 Å². The zero-order valence-corrected chi connectivity index (χ0v) is 19.6. The third-order valence-corrected chi connectivity index (χ3v) is 7.54. The van der Waals surface area contributed by atoms with Crippen LogP contribution in [0.2, 0.25) is 0 Å². The van der Waals surface area contributed by atoms with Crippen LogP contribution in [-0.2, 0) is 14.6 Å². The van der Waals surface area contributed by atoms with Gasteiger partial charge in [-0.3, -0.25) is 14.3 Å².